The Kier molecular flexibility index (Phi) is 4.49. The van der Waals surface area contributed by atoms with Crippen LogP contribution in [0.1, 0.15) is 44.9 Å². The second-order valence-electron chi connectivity index (χ2n) is 6.20. The van der Waals surface area contributed by atoms with E-state index in [0.717, 1.165) is 6.42 Å². The van der Waals surface area contributed by atoms with Gasteiger partial charge >= 0.3 is 12.1 Å². The van der Waals surface area contributed by atoms with Crippen LogP contribution < -0.4 is 5.32 Å². The molecule has 7 heteroatoms. The molecule has 2 fully saturated rings. The smallest absolute Gasteiger partial charge is 0.392 e. The molecule has 0 aromatic carbocycles. The molecule has 120 valence electrons. The number of carboxylic acid groups (broad SMARTS) is 1. The number of halogens is 3. The molecule has 2 aliphatic carbocycles. The molecule has 0 aliphatic heterocycles. The Morgan fingerprint density at radius 2 is 1.76 bits per heavy atom. The van der Waals surface area contributed by atoms with Crippen LogP contribution in [0.3, 0.4) is 0 Å². The van der Waals surface area contributed by atoms with E-state index in [9.17, 15) is 22.8 Å². The summed E-state index contributed by atoms with van der Waals surface area (Å²) in [7, 11) is 0. The van der Waals surface area contributed by atoms with Crippen LogP contribution in [0.15, 0.2) is 0 Å². The lowest BCUT2D eigenvalue weighted by Gasteiger charge is -2.38. The number of hydrogen-bond acceptors (Lipinski definition) is 2. The highest BCUT2D eigenvalue weighted by Crippen LogP contribution is 2.43. The Labute approximate surface area is 121 Å². The minimum atomic E-state index is -4.37. The quantitative estimate of drug-likeness (QED) is 0.839. The molecule has 1 amide bonds. The number of alkyl halides is 3. The van der Waals surface area contributed by atoms with Crippen LogP contribution in [0, 0.1) is 17.3 Å². The van der Waals surface area contributed by atoms with Crippen molar-refractivity contribution >= 4 is 11.9 Å². The van der Waals surface area contributed by atoms with Gasteiger partial charge in [-0.25, -0.2) is 0 Å². The van der Waals surface area contributed by atoms with Crippen LogP contribution in [0.25, 0.3) is 0 Å². The fraction of sp³-hybridized carbons (Fsp3) is 0.857. The number of carbonyl (C=O) groups excluding carboxylic acids is 1. The van der Waals surface area contributed by atoms with E-state index in [1.54, 1.807) is 0 Å². The molecule has 0 heterocycles. The average Bonchev–Trinajstić information content (AvgIpc) is 2.35. The summed E-state index contributed by atoms with van der Waals surface area (Å²) >= 11 is 0. The van der Waals surface area contributed by atoms with Gasteiger partial charge in [0.25, 0.3) is 0 Å². The van der Waals surface area contributed by atoms with E-state index < -0.39 is 35.3 Å². The summed E-state index contributed by atoms with van der Waals surface area (Å²) < 4.78 is 38.9. The molecular formula is C14H20F3NO3. The second kappa shape index (κ2) is 5.85. The van der Waals surface area contributed by atoms with Gasteiger partial charge in [0.05, 0.1) is 11.3 Å². The maximum absolute atomic E-state index is 13.0. The Morgan fingerprint density at radius 3 is 2.24 bits per heavy atom. The summed E-state index contributed by atoms with van der Waals surface area (Å²) in [5.41, 5.74) is -0.974. The normalized spacial score (nSPS) is 28.5. The van der Waals surface area contributed by atoms with Crippen molar-refractivity contribution in [3.63, 3.8) is 0 Å². The van der Waals surface area contributed by atoms with Crippen molar-refractivity contribution in [1.29, 1.82) is 0 Å². The van der Waals surface area contributed by atoms with Gasteiger partial charge in [-0.05, 0) is 25.7 Å². The van der Waals surface area contributed by atoms with E-state index in [-0.39, 0.29) is 19.4 Å². The molecular weight excluding hydrogens is 287 g/mol. The monoisotopic (exact) mass is 307 g/mol. The van der Waals surface area contributed by atoms with Crippen molar-refractivity contribution in [1.82, 2.24) is 5.32 Å². The van der Waals surface area contributed by atoms with Gasteiger partial charge in [-0.3, -0.25) is 9.59 Å². The first-order valence-electron chi connectivity index (χ1n) is 7.34. The summed E-state index contributed by atoms with van der Waals surface area (Å²) in [5.74, 6) is -4.31. The van der Waals surface area contributed by atoms with Gasteiger partial charge in [-0.1, -0.05) is 19.3 Å². The number of hydrogen-bond donors (Lipinski definition) is 2. The predicted octanol–water partition coefficient (Wildman–Crippen LogP) is 2.73. The van der Waals surface area contributed by atoms with Crippen molar-refractivity contribution in [3.8, 4) is 0 Å². The maximum Gasteiger partial charge on any atom is 0.392 e. The van der Waals surface area contributed by atoms with Crippen LogP contribution in [0.5, 0.6) is 0 Å². The molecule has 2 atom stereocenters. The zero-order valence-electron chi connectivity index (χ0n) is 11.7. The molecule has 0 bridgehead atoms. The Hall–Kier alpha value is -1.27. The Morgan fingerprint density at radius 1 is 1.14 bits per heavy atom. The lowest BCUT2D eigenvalue weighted by Crippen LogP contribution is -2.50. The maximum atomic E-state index is 13.0. The summed E-state index contributed by atoms with van der Waals surface area (Å²) in [4.78, 5) is 23.2. The fourth-order valence-corrected chi connectivity index (χ4v) is 3.29. The number of rotatable bonds is 4. The lowest BCUT2D eigenvalue weighted by molar-refractivity contribution is -0.198. The molecule has 4 nitrogen and oxygen atoms in total. The molecule has 2 aliphatic rings. The Balaban J connectivity index is 1.97. The molecule has 2 rings (SSSR count). The van der Waals surface area contributed by atoms with Gasteiger partial charge in [0.1, 0.15) is 0 Å². The molecule has 0 aromatic rings. The van der Waals surface area contributed by atoms with E-state index >= 15 is 0 Å². The third kappa shape index (κ3) is 3.32. The van der Waals surface area contributed by atoms with Crippen molar-refractivity contribution < 1.29 is 27.9 Å². The highest BCUT2D eigenvalue weighted by atomic mass is 19.4. The van der Waals surface area contributed by atoms with Crippen LogP contribution in [-0.2, 0) is 9.59 Å². The van der Waals surface area contributed by atoms with Crippen molar-refractivity contribution in [2.45, 2.75) is 51.1 Å². The molecule has 21 heavy (non-hydrogen) atoms. The minimum Gasteiger partial charge on any atom is -0.481 e. The van der Waals surface area contributed by atoms with Crippen LogP contribution in [0.4, 0.5) is 13.2 Å². The first-order chi connectivity index (χ1) is 9.76. The molecule has 0 spiro atoms. The van der Waals surface area contributed by atoms with E-state index in [2.05, 4.69) is 5.32 Å². The SMILES string of the molecule is O=C(NCC1(C(=O)O)CCC1)C1CCCCC1C(F)(F)F. The zero-order valence-corrected chi connectivity index (χ0v) is 11.7. The van der Waals surface area contributed by atoms with E-state index in [1.807, 2.05) is 0 Å². The molecule has 2 saturated carbocycles. The molecule has 0 radical (unpaired) electrons. The number of carbonyl (C=O) groups is 2. The van der Waals surface area contributed by atoms with Gasteiger partial charge in [-0.15, -0.1) is 0 Å². The van der Waals surface area contributed by atoms with Crippen LogP contribution in [0.2, 0.25) is 0 Å². The predicted molar refractivity (Wildman–Crippen MR) is 68.4 cm³/mol. The second-order valence-corrected chi connectivity index (χ2v) is 6.20. The third-order valence-electron chi connectivity index (χ3n) is 4.89. The molecule has 2 N–H and O–H groups in total. The first-order valence-corrected chi connectivity index (χ1v) is 7.34. The van der Waals surface area contributed by atoms with Crippen molar-refractivity contribution in [2.75, 3.05) is 6.54 Å². The minimum absolute atomic E-state index is 0.0222. The molecule has 0 saturated heterocycles. The molecule has 2 unspecified atom stereocenters. The van der Waals surface area contributed by atoms with E-state index in [0.29, 0.717) is 25.7 Å². The highest BCUT2D eigenvalue weighted by molar-refractivity contribution is 5.81. The highest BCUT2D eigenvalue weighted by Gasteiger charge is 2.49. The van der Waals surface area contributed by atoms with E-state index in [4.69, 9.17) is 5.11 Å². The van der Waals surface area contributed by atoms with Gasteiger partial charge in [0, 0.05) is 12.5 Å². The first kappa shape index (κ1) is 16.1. The summed E-state index contributed by atoms with van der Waals surface area (Å²) in [6.07, 6.45) is -1.38. The average molecular weight is 307 g/mol. The number of nitrogens with one attached hydrogen (secondary N) is 1. The van der Waals surface area contributed by atoms with Crippen molar-refractivity contribution in [3.05, 3.63) is 0 Å². The zero-order chi connectivity index (χ0) is 15.7. The van der Waals surface area contributed by atoms with Crippen molar-refractivity contribution in [2.24, 2.45) is 17.3 Å². The summed E-state index contributed by atoms with van der Waals surface area (Å²) in [5, 5.41) is 11.6. The lowest BCUT2D eigenvalue weighted by atomic mass is 9.68. The van der Waals surface area contributed by atoms with Crippen LogP contribution >= 0.6 is 0 Å². The van der Waals surface area contributed by atoms with Gasteiger partial charge in [0.2, 0.25) is 5.91 Å². The van der Waals surface area contributed by atoms with Gasteiger partial charge in [0.15, 0.2) is 0 Å². The topological polar surface area (TPSA) is 66.4 Å². The third-order valence-corrected chi connectivity index (χ3v) is 4.89. The molecule has 0 aromatic heterocycles. The standard InChI is InChI=1S/C14H20F3NO3/c15-14(16,17)10-5-2-1-4-9(10)11(19)18-8-13(12(20)21)6-3-7-13/h9-10H,1-8H2,(H,18,19)(H,20,21). The fourth-order valence-electron chi connectivity index (χ4n) is 3.29. The van der Waals surface area contributed by atoms with Crippen LogP contribution in [-0.4, -0.2) is 29.7 Å². The van der Waals surface area contributed by atoms with Gasteiger partial charge in [-0.2, -0.15) is 13.2 Å². The largest absolute Gasteiger partial charge is 0.481 e. The number of aliphatic carboxylic acids is 1. The van der Waals surface area contributed by atoms with E-state index in [1.165, 1.54) is 0 Å². The number of amides is 1. The van der Waals surface area contributed by atoms with Gasteiger partial charge < -0.3 is 10.4 Å². The Bertz CT molecular complexity index is 418. The summed E-state index contributed by atoms with van der Waals surface area (Å²) in [6, 6.07) is 0. The number of carboxylic acids is 1. The summed E-state index contributed by atoms with van der Waals surface area (Å²) in [6.45, 7) is -0.0672.